The van der Waals surface area contributed by atoms with Crippen LogP contribution in [0.15, 0.2) is 97.7 Å². The lowest BCUT2D eigenvalue weighted by molar-refractivity contribution is -0.149. The van der Waals surface area contributed by atoms with Gasteiger partial charge >= 0.3 is 0 Å². The van der Waals surface area contributed by atoms with Gasteiger partial charge in [0.25, 0.3) is 0 Å². The zero-order chi connectivity index (χ0) is 100. The van der Waals surface area contributed by atoms with Crippen LogP contribution in [0, 0.1) is 28.6 Å². The van der Waals surface area contributed by atoms with Gasteiger partial charge in [-0.1, -0.05) is 102 Å². The number of aromatic nitrogens is 4. The Labute approximate surface area is 796 Å². The second-order valence-corrected chi connectivity index (χ2v) is 36.2. The lowest BCUT2D eigenvalue weighted by Crippen LogP contribution is -2.62. The number of guanidine groups is 1. The number of carbonyl (C=O) groups excluding carboxylic acids is 17. The van der Waals surface area contributed by atoms with Gasteiger partial charge in [0, 0.05) is 118 Å². The van der Waals surface area contributed by atoms with Gasteiger partial charge in [-0.05, 0) is 105 Å². The molecule has 0 saturated carbocycles. The molecule has 17 amide bonds. The number of aliphatic hydroxyl groups excluding tert-OH is 1. The topological polar surface area (TPSA) is 665 Å². The molecular weight excluding hydrogens is 1790 g/mol. The molecule has 15 atom stereocenters. The van der Waals surface area contributed by atoms with E-state index in [9.17, 15) is 58.6 Å². The lowest BCUT2D eigenvalue weighted by atomic mass is 10.00. The number of nitrogens with one attached hydrogen (secondary N) is 15. The minimum absolute atomic E-state index is 0.0149. The maximum Gasteiger partial charge on any atom is 0.246 e. The molecule has 6 aromatic rings. The van der Waals surface area contributed by atoms with Gasteiger partial charge in [0.05, 0.1) is 43.6 Å². The smallest absolute Gasteiger partial charge is 0.246 e. The largest absolute Gasteiger partial charge is 0.508 e. The molecule has 6 heterocycles. The Morgan fingerprint density at radius 3 is 1.70 bits per heavy atom. The van der Waals surface area contributed by atoms with Gasteiger partial charge in [0.15, 0.2) is 5.96 Å². The standard InChI is InChI=1S/C92H127N25O19S/c1-9-11-24-71-84(129)105-62(23-17-31-99-92(96)97)80(125)112-70(79(124)102-44-76(95)121)47-137-48-77(122)104-66(34-52-27-29-57(119)30-28-52)87(132)113(6)51(5)78(123)108-68(39-75(94)120)89(134)116-32-18-26-72(116)85(130)107-64(38-56-43-98-49-103-56)82(127)109-65(33-50(3)4)90(135)117-45-53(40-93)35-74(117)86(131)106-63(36-54-41-100-60-21-15-13-19-58(54)60)81(126)111-69(46-118)83(128)110-67(37-55-42-101-61-22-16-14-20-59(55)61)88(133)115(8)73(25-12-10-2)91(136)114(71)7/h13-16,19-22,27-30,41-43,49-51,53,62-74,100-101,118-119H,9-12,17-18,23-26,31-39,44-48H2,1-8H3,(H2,94,120)(H2,95,121)(H,98,103)(H,102,124)(H,104,122)(H,105,129)(H,106,131)(H,107,130)(H,108,123)(H,109,127)(H,110,128)(H,111,126)(H,112,125)(H4,96,97,99)/t51-,53-,62-,63-,64-,65-,66-,67-,68-,69-,70-,71-,72-,73-,74-/m0/s1. The van der Waals surface area contributed by atoms with E-state index in [1.807, 2.05) is 13.8 Å². The monoisotopic (exact) mass is 1920 g/mol. The number of nitrogens with zero attached hydrogens (tertiary/aromatic N) is 7. The third-order valence-electron chi connectivity index (χ3n) is 24.5. The molecule has 3 aromatic heterocycles. The Hall–Kier alpha value is -14.2. The van der Waals surface area contributed by atoms with E-state index in [0.717, 1.165) is 36.3 Å². The number of unbranched alkanes of at least 4 members (excludes halogenated alkanes) is 2. The number of imidazole rings is 1. The summed E-state index contributed by atoms with van der Waals surface area (Å²) in [7, 11) is 3.90. The summed E-state index contributed by atoms with van der Waals surface area (Å²) in [4.78, 5) is 270. The van der Waals surface area contributed by atoms with Crippen molar-refractivity contribution < 1.29 is 91.7 Å². The number of phenolic OH excluding ortho intramolecular Hbond substituents is 1. The zero-order valence-corrected chi connectivity index (χ0v) is 78.9. The molecule has 0 bridgehead atoms. The van der Waals surface area contributed by atoms with E-state index in [0.29, 0.717) is 69.9 Å². The Bertz CT molecular complexity index is 5350. The highest BCUT2D eigenvalue weighted by molar-refractivity contribution is 8.00. The number of aromatic amines is 3. The number of fused-ring (bicyclic) bond motifs is 4. The fourth-order valence-corrected chi connectivity index (χ4v) is 17.8. The van der Waals surface area contributed by atoms with Gasteiger partial charge in [-0.15, -0.1) is 11.8 Å². The van der Waals surface area contributed by atoms with E-state index in [4.69, 9.17) is 22.6 Å². The van der Waals surface area contributed by atoms with E-state index in [-0.39, 0.29) is 108 Å². The Morgan fingerprint density at radius 1 is 0.569 bits per heavy atom. The first kappa shape index (κ1) is 106. The van der Waals surface area contributed by atoms with Crippen molar-refractivity contribution in [2.75, 3.05) is 65.4 Å². The first-order chi connectivity index (χ1) is 65.3. The molecule has 0 unspecified atom stereocenters. The number of hydrogen-bond donors (Lipinski definition) is 20. The predicted octanol–water partition coefficient (Wildman–Crippen LogP) is -2.15. The predicted molar refractivity (Wildman–Crippen MR) is 503 cm³/mol. The maximum atomic E-state index is 15.8. The molecule has 3 saturated heterocycles. The van der Waals surface area contributed by atoms with Crippen LogP contribution >= 0.6 is 11.8 Å². The van der Waals surface area contributed by atoms with E-state index in [2.05, 4.69) is 84.5 Å². The molecule has 0 aliphatic carbocycles. The maximum absolute atomic E-state index is 15.8. The third-order valence-corrected chi connectivity index (χ3v) is 25.6. The van der Waals surface area contributed by atoms with Crippen LogP contribution in [0.4, 0.5) is 0 Å². The fraction of sp³-hybridized carbons (Fsp3) is 0.522. The van der Waals surface area contributed by atoms with Crippen molar-refractivity contribution in [3.8, 4) is 11.8 Å². The molecule has 0 radical (unpaired) electrons. The number of aliphatic hydroxyl groups is 1. The molecular formula is C92H127N25O19S. The van der Waals surface area contributed by atoms with Crippen LogP contribution in [-0.4, -0.2) is 311 Å². The summed E-state index contributed by atoms with van der Waals surface area (Å²) < 4.78 is 0. The van der Waals surface area contributed by atoms with Crippen molar-refractivity contribution in [1.29, 1.82) is 10.7 Å². The molecule has 3 aliphatic rings. The normalized spacial score (nSPS) is 24.5. The minimum atomic E-state index is -1.90. The number of rotatable bonds is 26. The van der Waals surface area contributed by atoms with Crippen molar-refractivity contribution in [1.82, 2.24) is 103 Å². The van der Waals surface area contributed by atoms with Crippen LogP contribution in [0.5, 0.6) is 5.75 Å². The Morgan fingerprint density at radius 2 is 1.11 bits per heavy atom. The number of H-pyrrole nitrogens is 3. The van der Waals surface area contributed by atoms with Crippen LogP contribution < -0.4 is 75.7 Å². The zero-order valence-electron chi connectivity index (χ0n) is 78.1. The number of amides is 17. The minimum Gasteiger partial charge on any atom is -0.508 e. The number of primary amides is 2. The highest BCUT2D eigenvalue weighted by Crippen LogP contribution is 2.29. The molecule has 0 spiro atoms. The summed E-state index contributed by atoms with van der Waals surface area (Å²) in [5, 5.41) is 70.3. The summed E-state index contributed by atoms with van der Waals surface area (Å²) in [5.41, 5.74) is 19.8. The van der Waals surface area contributed by atoms with Gasteiger partial charge in [-0.3, -0.25) is 86.9 Å². The van der Waals surface area contributed by atoms with Crippen LogP contribution in [0.3, 0.4) is 0 Å². The Balaban J connectivity index is 1.11. The van der Waals surface area contributed by atoms with Crippen LogP contribution in [-0.2, 0) is 107 Å². The number of nitrogens with two attached hydrogens (primary N) is 3. The number of likely N-dealkylation sites (N-methyl/N-ethyl adjacent to an activating group) is 3. The second-order valence-electron chi connectivity index (χ2n) is 35.1. The highest BCUT2D eigenvalue weighted by Gasteiger charge is 2.47. The number of para-hydroxylation sites is 2. The van der Waals surface area contributed by atoms with Gasteiger partial charge in [0.1, 0.15) is 90.3 Å². The van der Waals surface area contributed by atoms with Crippen molar-refractivity contribution in [3.05, 3.63) is 120 Å². The number of phenols is 1. The Kier molecular flexibility index (Phi) is 39.6. The number of benzene rings is 3. The van der Waals surface area contributed by atoms with Gasteiger partial charge in [-0.25, -0.2) is 4.98 Å². The number of nitriles is 1. The van der Waals surface area contributed by atoms with Crippen molar-refractivity contribution >= 4 is 140 Å². The third kappa shape index (κ3) is 29.7. The summed E-state index contributed by atoms with van der Waals surface area (Å²) in [6.07, 6.45) is 5.08. The fourth-order valence-electron chi connectivity index (χ4n) is 16.9. The quantitative estimate of drug-likeness (QED) is 0.0156. The molecule has 137 heavy (non-hydrogen) atoms. The summed E-state index contributed by atoms with van der Waals surface area (Å²) in [5.74, 6) is -19.1. The first-order valence-corrected chi connectivity index (χ1v) is 47.0. The molecule has 44 nitrogen and oxygen atoms in total. The van der Waals surface area contributed by atoms with Crippen LogP contribution in [0.2, 0.25) is 0 Å². The average Bonchev–Trinajstić information content (AvgIpc) is 1.69. The van der Waals surface area contributed by atoms with Crippen molar-refractivity contribution in [3.63, 3.8) is 0 Å². The molecule has 9 rings (SSSR count). The number of hydrogen-bond acceptors (Lipinski definition) is 23. The summed E-state index contributed by atoms with van der Waals surface area (Å²) in [6, 6.07) is -0.143. The van der Waals surface area contributed by atoms with Crippen molar-refractivity contribution in [2.24, 2.45) is 29.0 Å². The lowest BCUT2D eigenvalue weighted by Gasteiger charge is -2.36. The molecule has 3 fully saturated rings. The summed E-state index contributed by atoms with van der Waals surface area (Å²) in [6.45, 7) is 6.11. The van der Waals surface area contributed by atoms with Gasteiger partial charge < -0.3 is 125 Å². The van der Waals surface area contributed by atoms with Crippen LogP contribution in [0.25, 0.3) is 21.8 Å². The van der Waals surface area contributed by atoms with E-state index in [1.54, 1.807) is 74.8 Å². The molecule has 3 aliphatic heterocycles. The van der Waals surface area contributed by atoms with Crippen LogP contribution in [0.1, 0.15) is 140 Å². The number of thioether (sulfide) groups is 1. The number of aromatic hydroxyl groups is 1. The van der Waals surface area contributed by atoms with Gasteiger partial charge in [0.2, 0.25) is 100 Å². The first-order valence-electron chi connectivity index (χ1n) is 45.8. The molecule has 45 heteroatoms. The van der Waals surface area contributed by atoms with E-state index < -0.39 is 228 Å². The molecule has 23 N–H and O–H groups in total. The van der Waals surface area contributed by atoms with E-state index >= 15 is 38.4 Å². The molecule has 740 valence electrons. The average molecular weight is 1920 g/mol. The second kappa shape index (κ2) is 50.9. The molecule has 3 aromatic carbocycles. The van der Waals surface area contributed by atoms with Crippen molar-refractivity contribution in [2.45, 2.75) is 228 Å². The van der Waals surface area contributed by atoms with Gasteiger partial charge in [-0.2, -0.15) is 5.26 Å². The number of carbonyl (C=O) groups is 17. The SMILES string of the molecule is CCCC[C@H]1C(=O)N(C)[C@@H](CCCC)C(=O)N[C@@H](CCCNC(=N)N)C(=O)N[C@H](C(=O)NCC(N)=O)CSCC(=O)N[C@@H](Cc2ccc(O)cc2)C(=O)N(C)[C@@H](C)C(=O)N[C@@H](CC(N)=O)C(=O)N2CCC[C@H]2C(=O)N[C@@H](Cc2cnc[nH]2)C(=O)N[C@@H](CC(C)C)C(=O)N2C[C@H](C#N)C[C@H]2C(=O)N[C@@H](Cc2c[nH]c3ccccc23)C(=O)N[C@@H](CO)C(=O)N[C@@H](Cc2c[nH]c3ccccc23)C(=O)N1C. The highest BCUT2D eigenvalue weighted by atomic mass is 32.2. The summed E-state index contributed by atoms with van der Waals surface area (Å²) >= 11 is 0.759. The van der Waals surface area contributed by atoms with E-state index in [1.165, 1.54) is 64.9 Å².